The Balaban J connectivity index is 3.36. The van der Waals surface area contributed by atoms with Gasteiger partial charge in [0.15, 0.2) is 0 Å². The van der Waals surface area contributed by atoms with E-state index in [0.29, 0.717) is 0 Å². The molecule has 0 aromatic heterocycles. The Kier molecular flexibility index (Phi) is 3.30. The second-order valence-corrected chi connectivity index (χ2v) is 4.88. The summed E-state index contributed by atoms with van der Waals surface area (Å²) in [6.07, 6.45) is -4.50. The maximum atomic E-state index is 12.5. The molecule has 2 N–H and O–H groups in total. The molecule has 90 valence electrons. The second kappa shape index (κ2) is 4.06. The van der Waals surface area contributed by atoms with Crippen LogP contribution in [0.15, 0.2) is 29.2 Å². The van der Waals surface area contributed by atoms with Gasteiger partial charge in [0.1, 0.15) is 0 Å². The molecule has 0 aliphatic rings. The van der Waals surface area contributed by atoms with Crippen molar-refractivity contribution < 1.29 is 21.6 Å². The average Bonchev–Trinajstić information content (AvgIpc) is 2.14. The van der Waals surface area contributed by atoms with E-state index in [0.717, 1.165) is 19.1 Å². The molecule has 1 rings (SSSR count). The van der Waals surface area contributed by atoms with Crippen molar-refractivity contribution in [2.75, 3.05) is 0 Å². The van der Waals surface area contributed by atoms with Crippen LogP contribution >= 0.6 is 0 Å². The lowest BCUT2D eigenvalue weighted by Crippen LogP contribution is -2.22. The van der Waals surface area contributed by atoms with Crippen molar-refractivity contribution in [1.82, 2.24) is 0 Å². The highest BCUT2D eigenvalue weighted by Gasteiger charge is 2.39. The first kappa shape index (κ1) is 13.0. The highest BCUT2D eigenvalue weighted by molar-refractivity contribution is 7.89. The van der Waals surface area contributed by atoms with E-state index in [9.17, 15) is 21.6 Å². The minimum atomic E-state index is -4.50. The molecule has 7 heteroatoms. The molecular weight excluding hydrogens is 243 g/mol. The molecule has 1 aromatic rings. The Morgan fingerprint density at radius 1 is 1.25 bits per heavy atom. The number of nitrogens with two attached hydrogens (primary N) is 1. The van der Waals surface area contributed by atoms with Crippen LogP contribution in [0.1, 0.15) is 18.4 Å². The van der Waals surface area contributed by atoms with Crippen molar-refractivity contribution in [3.8, 4) is 0 Å². The first-order valence-corrected chi connectivity index (χ1v) is 5.87. The molecule has 0 radical (unpaired) electrons. The molecule has 1 atom stereocenters. The molecule has 16 heavy (non-hydrogen) atoms. The molecule has 0 fully saturated rings. The van der Waals surface area contributed by atoms with Crippen LogP contribution in [0.4, 0.5) is 13.2 Å². The molecule has 0 spiro atoms. The summed E-state index contributed by atoms with van der Waals surface area (Å²) in [7, 11) is -4.14. The van der Waals surface area contributed by atoms with Gasteiger partial charge in [-0.15, -0.1) is 0 Å². The summed E-state index contributed by atoms with van der Waals surface area (Å²) in [5.74, 6) is -1.87. The predicted octanol–water partition coefficient (Wildman–Crippen LogP) is 2.00. The molecule has 1 aromatic carbocycles. The second-order valence-electron chi connectivity index (χ2n) is 3.35. The van der Waals surface area contributed by atoms with Gasteiger partial charge in [-0.2, -0.15) is 13.2 Å². The van der Waals surface area contributed by atoms with Crippen LogP contribution in [0, 0.1) is 0 Å². The van der Waals surface area contributed by atoms with Crippen molar-refractivity contribution in [2.45, 2.75) is 23.9 Å². The largest absolute Gasteiger partial charge is 0.395 e. The van der Waals surface area contributed by atoms with Crippen molar-refractivity contribution in [1.29, 1.82) is 0 Å². The smallest absolute Gasteiger partial charge is 0.225 e. The molecule has 0 amide bonds. The number of hydrogen-bond donors (Lipinski definition) is 1. The van der Waals surface area contributed by atoms with E-state index >= 15 is 0 Å². The van der Waals surface area contributed by atoms with Gasteiger partial charge in [0, 0.05) is 0 Å². The lowest BCUT2D eigenvalue weighted by Gasteiger charge is -2.18. The van der Waals surface area contributed by atoms with Gasteiger partial charge < -0.3 is 0 Å². The molecule has 0 bridgehead atoms. The van der Waals surface area contributed by atoms with Gasteiger partial charge in [0.05, 0.1) is 10.8 Å². The van der Waals surface area contributed by atoms with Crippen molar-refractivity contribution in [3.05, 3.63) is 29.8 Å². The highest BCUT2D eigenvalue weighted by atomic mass is 32.2. The summed E-state index contributed by atoms with van der Waals surface area (Å²) in [6.45, 7) is 0.893. The zero-order valence-electron chi connectivity index (χ0n) is 8.32. The molecule has 3 nitrogen and oxygen atoms in total. The van der Waals surface area contributed by atoms with Gasteiger partial charge >= 0.3 is 6.18 Å². The summed E-state index contributed by atoms with van der Waals surface area (Å²) in [5.41, 5.74) is -0.336. The fourth-order valence-corrected chi connectivity index (χ4v) is 2.12. The molecule has 0 saturated heterocycles. The SMILES string of the molecule is C[C@@H](c1ccccc1S(N)(=O)=O)C(F)(F)F. The van der Waals surface area contributed by atoms with Gasteiger partial charge in [0.2, 0.25) is 10.0 Å². The number of alkyl halides is 3. The minimum absolute atomic E-state index is 0.336. The third-order valence-corrected chi connectivity index (χ3v) is 3.17. The van der Waals surface area contributed by atoms with E-state index in [1.54, 1.807) is 0 Å². The van der Waals surface area contributed by atoms with Gasteiger partial charge in [0.25, 0.3) is 0 Å². The van der Waals surface area contributed by atoms with Gasteiger partial charge in [-0.25, -0.2) is 13.6 Å². The van der Waals surface area contributed by atoms with Crippen LogP contribution in [0.2, 0.25) is 0 Å². The number of rotatable bonds is 2. The Bertz CT molecular complexity index is 482. The number of primary sulfonamides is 1. The zero-order chi connectivity index (χ0) is 12.6. The monoisotopic (exact) mass is 253 g/mol. The number of hydrogen-bond acceptors (Lipinski definition) is 2. The molecule has 0 aliphatic heterocycles. The van der Waals surface area contributed by atoms with Crippen LogP contribution < -0.4 is 5.14 Å². The van der Waals surface area contributed by atoms with Crippen LogP contribution in [0.5, 0.6) is 0 Å². The van der Waals surface area contributed by atoms with Crippen LogP contribution in [0.3, 0.4) is 0 Å². The number of sulfonamides is 1. The lowest BCUT2D eigenvalue weighted by molar-refractivity contribution is -0.146. The summed E-state index contributed by atoms with van der Waals surface area (Å²) in [6, 6.07) is 4.84. The molecule has 0 saturated carbocycles. The molecular formula is C9H10F3NO2S. The molecule has 0 heterocycles. The predicted molar refractivity (Wildman–Crippen MR) is 52.3 cm³/mol. The zero-order valence-corrected chi connectivity index (χ0v) is 9.14. The van der Waals surface area contributed by atoms with Gasteiger partial charge in [-0.1, -0.05) is 18.2 Å². The van der Waals surface area contributed by atoms with E-state index in [4.69, 9.17) is 5.14 Å². The summed E-state index contributed by atoms with van der Waals surface area (Å²) >= 11 is 0. The van der Waals surface area contributed by atoms with Gasteiger partial charge in [-0.05, 0) is 18.6 Å². The first-order chi connectivity index (χ1) is 7.14. The number of halogens is 3. The maximum absolute atomic E-state index is 12.5. The molecule has 0 unspecified atom stereocenters. The van der Waals surface area contributed by atoms with E-state index in [2.05, 4.69) is 0 Å². The summed E-state index contributed by atoms with van der Waals surface area (Å²) in [5, 5.41) is 4.84. The summed E-state index contributed by atoms with van der Waals surface area (Å²) in [4.78, 5) is -0.486. The molecule has 0 aliphatic carbocycles. The van der Waals surface area contributed by atoms with Crippen LogP contribution in [0.25, 0.3) is 0 Å². The van der Waals surface area contributed by atoms with Gasteiger partial charge in [-0.3, -0.25) is 0 Å². The van der Waals surface area contributed by atoms with Crippen LogP contribution in [-0.2, 0) is 10.0 Å². The Hall–Kier alpha value is -1.08. The third kappa shape index (κ3) is 2.73. The van der Waals surface area contributed by atoms with E-state index in [-0.39, 0.29) is 5.56 Å². The van der Waals surface area contributed by atoms with E-state index in [1.165, 1.54) is 12.1 Å². The van der Waals surface area contributed by atoms with Crippen LogP contribution in [-0.4, -0.2) is 14.6 Å². The van der Waals surface area contributed by atoms with Crippen molar-refractivity contribution in [3.63, 3.8) is 0 Å². The quantitative estimate of drug-likeness (QED) is 0.876. The normalized spacial score (nSPS) is 14.8. The maximum Gasteiger partial charge on any atom is 0.395 e. The average molecular weight is 253 g/mol. The standard InChI is InChI=1S/C9H10F3NO2S/c1-6(9(10,11)12)7-4-2-3-5-8(7)16(13,14)15/h2-6H,1H3,(H2,13,14,15)/t6-/m0/s1. The first-order valence-electron chi connectivity index (χ1n) is 4.32. The Morgan fingerprint density at radius 3 is 2.19 bits per heavy atom. The Labute approximate surface area is 91.1 Å². The van der Waals surface area contributed by atoms with Crippen molar-refractivity contribution in [2.24, 2.45) is 5.14 Å². The highest BCUT2D eigenvalue weighted by Crippen LogP contribution is 2.36. The van der Waals surface area contributed by atoms with Crippen molar-refractivity contribution >= 4 is 10.0 Å². The minimum Gasteiger partial charge on any atom is -0.225 e. The Morgan fingerprint density at radius 2 is 1.75 bits per heavy atom. The van der Waals surface area contributed by atoms with E-state index < -0.39 is 27.0 Å². The third-order valence-electron chi connectivity index (χ3n) is 2.18. The number of benzene rings is 1. The summed E-state index contributed by atoms with van der Waals surface area (Å²) < 4.78 is 59.6. The van der Waals surface area contributed by atoms with E-state index in [1.807, 2.05) is 0 Å². The fraction of sp³-hybridized carbons (Fsp3) is 0.333. The topological polar surface area (TPSA) is 60.2 Å². The fourth-order valence-electron chi connectivity index (χ4n) is 1.27. The lowest BCUT2D eigenvalue weighted by atomic mass is 10.0.